The standard InChI is InChI=1S/C11H17NO2/c1-9(11-5-3-7-14-11)12-6-2-4-10(12)8-13/h3,5,7,9-10,13H,2,4,6,8H2,1H3/t9-,10-/m1/s1. The lowest BCUT2D eigenvalue weighted by Gasteiger charge is -2.27. The van der Waals surface area contributed by atoms with E-state index in [1.807, 2.05) is 12.1 Å². The molecular weight excluding hydrogens is 178 g/mol. The fourth-order valence-electron chi connectivity index (χ4n) is 2.26. The van der Waals surface area contributed by atoms with Crippen LogP contribution in [0, 0.1) is 0 Å². The lowest BCUT2D eigenvalue weighted by Crippen LogP contribution is -2.34. The molecule has 1 saturated heterocycles. The molecule has 3 nitrogen and oxygen atoms in total. The normalized spacial score (nSPS) is 25.4. The summed E-state index contributed by atoms with van der Waals surface area (Å²) in [7, 11) is 0. The van der Waals surface area contributed by atoms with E-state index in [-0.39, 0.29) is 12.6 Å². The average molecular weight is 195 g/mol. The van der Waals surface area contributed by atoms with Crippen LogP contribution in [0.5, 0.6) is 0 Å². The summed E-state index contributed by atoms with van der Waals surface area (Å²) in [4.78, 5) is 2.32. The Labute approximate surface area is 84.3 Å². The minimum absolute atomic E-state index is 0.255. The van der Waals surface area contributed by atoms with Crippen molar-refractivity contribution in [3.05, 3.63) is 24.2 Å². The zero-order chi connectivity index (χ0) is 9.97. The molecule has 78 valence electrons. The Morgan fingerprint density at radius 2 is 2.57 bits per heavy atom. The van der Waals surface area contributed by atoms with E-state index in [1.165, 1.54) is 6.42 Å². The smallest absolute Gasteiger partial charge is 0.120 e. The summed E-state index contributed by atoms with van der Waals surface area (Å²) >= 11 is 0. The van der Waals surface area contributed by atoms with Gasteiger partial charge in [0.05, 0.1) is 18.9 Å². The molecule has 1 fully saturated rings. The van der Waals surface area contributed by atoms with Crippen molar-refractivity contribution in [2.75, 3.05) is 13.2 Å². The van der Waals surface area contributed by atoms with E-state index in [2.05, 4.69) is 11.8 Å². The number of rotatable bonds is 3. The van der Waals surface area contributed by atoms with Gasteiger partial charge in [0, 0.05) is 6.04 Å². The molecule has 0 amide bonds. The van der Waals surface area contributed by atoms with Crippen LogP contribution in [-0.2, 0) is 0 Å². The van der Waals surface area contributed by atoms with Gasteiger partial charge in [-0.05, 0) is 38.4 Å². The molecule has 2 rings (SSSR count). The van der Waals surface area contributed by atoms with E-state index >= 15 is 0 Å². The topological polar surface area (TPSA) is 36.6 Å². The van der Waals surface area contributed by atoms with Gasteiger partial charge >= 0.3 is 0 Å². The highest BCUT2D eigenvalue weighted by Gasteiger charge is 2.29. The maximum Gasteiger partial charge on any atom is 0.120 e. The molecule has 1 N–H and O–H groups in total. The molecule has 0 aliphatic carbocycles. The Morgan fingerprint density at radius 1 is 1.71 bits per heavy atom. The summed E-state index contributed by atoms with van der Waals surface area (Å²) in [5.74, 6) is 0.991. The van der Waals surface area contributed by atoms with Crippen LogP contribution in [0.25, 0.3) is 0 Å². The van der Waals surface area contributed by atoms with Gasteiger partial charge in [0.25, 0.3) is 0 Å². The molecule has 0 saturated carbocycles. The summed E-state index contributed by atoms with van der Waals surface area (Å²) in [6.07, 6.45) is 3.98. The second-order valence-electron chi connectivity index (χ2n) is 3.91. The molecule has 0 unspecified atom stereocenters. The van der Waals surface area contributed by atoms with Gasteiger partial charge in [-0.2, -0.15) is 0 Å². The average Bonchev–Trinajstić information content (AvgIpc) is 2.87. The van der Waals surface area contributed by atoms with E-state index in [4.69, 9.17) is 4.42 Å². The number of aliphatic hydroxyl groups is 1. The predicted molar refractivity (Wildman–Crippen MR) is 53.9 cm³/mol. The Kier molecular flexibility index (Phi) is 2.89. The van der Waals surface area contributed by atoms with Crippen LogP contribution >= 0.6 is 0 Å². The number of hydrogen-bond acceptors (Lipinski definition) is 3. The molecular formula is C11H17NO2. The van der Waals surface area contributed by atoms with Gasteiger partial charge in [0.15, 0.2) is 0 Å². The SMILES string of the molecule is C[C@H](c1ccco1)N1CCC[C@@H]1CO. The minimum atomic E-state index is 0.255. The van der Waals surface area contributed by atoms with Crippen molar-refractivity contribution in [1.82, 2.24) is 4.90 Å². The molecule has 0 radical (unpaired) electrons. The van der Waals surface area contributed by atoms with E-state index < -0.39 is 0 Å². The summed E-state index contributed by atoms with van der Waals surface area (Å²) in [5, 5.41) is 9.21. The third-order valence-corrected chi connectivity index (χ3v) is 3.09. The fraction of sp³-hybridized carbons (Fsp3) is 0.636. The molecule has 14 heavy (non-hydrogen) atoms. The van der Waals surface area contributed by atoms with E-state index in [1.54, 1.807) is 6.26 Å². The number of aliphatic hydroxyl groups excluding tert-OH is 1. The number of nitrogens with zero attached hydrogens (tertiary/aromatic N) is 1. The highest BCUT2D eigenvalue weighted by molar-refractivity contribution is 5.05. The number of likely N-dealkylation sites (tertiary alicyclic amines) is 1. The van der Waals surface area contributed by atoms with Crippen LogP contribution < -0.4 is 0 Å². The second-order valence-corrected chi connectivity index (χ2v) is 3.91. The molecule has 3 heteroatoms. The van der Waals surface area contributed by atoms with Crippen molar-refractivity contribution in [1.29, 1.82) is 0 Å². The number of hydrogen-bond donors (Lipinski definition) is 1. The second kappa shape index (κ2) is 4.15. The summed E-state index contributed by atoms with van der Waals surface area (Å²) in [6.45, 7) is 3.45. The molecule has 2 heterocycles. The molecule has 1 aliphatic rings. The minimum Gasteiger partial charge on any atom is -0.468 e. The molecule has 0 aromatic carbocycles. The van der Waals surface area contributed by atoms with Crippen molar-refractivity contribution < 1.29 is 9.52 Å². The van der Waals surface area contributed by atoms with Crippen molar-refractivity contribution in [2.45, 2.75) is 31.8 Å². The zero-order valence-electron chi connectivity index (χ0n) is 8.52. The first-order valence-corrected chi connectivity index (χ1v) is 5.23. The summed E-state index contributed by atoms with van der Waals surface area (Å²) in [6, 6.07) is 4.51. The van der Waals surface area contributed by atoms with Gasteiger partial charge in [0.2, 0.25) is 0 Å². The van der Waals surface area contributed by atoms with E-state index in [0.29, 0.717) is 6.04 Å². The summed E-state index contributed by atoms with van der Waals surface area (Å²) < 4.78 is 5.38. The van der Waals surface area contributed by atoms with Crippen LogP contribution in [-0.4, -0.2) is 29.2 Å². The lowest BCUT2D eigenvalue weighted by molar-refractivity contribution is 0.116. The third-order valence-electron chi connectivity index (χ3n) is 3.09. The monoisotopic (exact) mass is 195 g/mol. The summed E-state index contributed by atoms with van der Waals surface area (Å²) in [5.41, 5.74) is 0. The molecule has 1 aromatic rings. The third kappa shape index (κ3) is 1.70. The first-order chi connectivity index (χ1) is 6.83. The molecule has 2 atom stereocenters. The van der Waals surface area contributed by atoms with Crippen LogP contribution in [0.15, 0.2) is 22.8 Å². The molecule has 1 aromatic heterocycles. The fourth-order valence-corrected chi connectivity index (χ4v) is 2.26. The van der Waals surface area contributed by atoms with Crippen molar-refractivity contribution in [3.8, 4) is 0 Å². The van der Waals surface area contributed by atoms with Gasteiger partial charge in [0.1, 0.15) is 5.76 Å². The molecule has 0 spiro atoms. The maximum atomic E-state index is 9.21. The highest BCUT2D eigenvalue weighted by Crippen LogP contribution is 2.28. The van der Waals surface area contributed by atoms with Crippen LogP contribution in [0.2, 0.25) is 0 Å². The quantitative estimate of drug-likeness (QED) is 0.799. The first-order valence-electron chi connectivity index (χ1n) is 5.23. The van der Waals surface area contributed by atoms with Gasteiger partial charge in [-0.15, -0.1) is 0 Å². The van der Waals surface area contributed by atoms with Crippen molar-refractivity contribution in [2.24, 2.45) is 0 Å². The van der Waals surface area contributed by atoms with Gasteiger partial charge in [-0.3, -0.25) is 4.90 Å². The van der Waals surface area contributed by atoms with Crippen LogP contribution in [0.3, 0.4) is 0 Å². The Bertz CT molecular complexity index is 271. The van der Waals surface area contributed by atoms with E-state index in [0.717, 1.165) is 18.7 Å². The van der Waals surface area contributed by atoms with Crippen LogP contribution in [0.4, 0.5) is 0 Å². The number of furan rings is 1. The van der Waals surface area contributed by atoms with Gasteiger partial charge in [-0.25, -0.2) is 0 Å². The van der Waals surface area contributed by atoms with Gasteiger partial charge < -0.3 is 9.52 Å². The molecule has 0 bridgehead atoms. The van der Waals surface area contributed by atoms with E-state index in [9.17, 15) is 5.11 Å². The Balaban J connectivity index is 2.07. The zero-order valence-corrected chi connectivity index (χ0v) is 8.52. The van der Waals surface area contributed by atoms with Gasteiger partial charge in [-0.1, -0.05) is 0 Å². The van der Waals surface area contributed by atoms with Crippen LogP contribution in [0.1, 0.15) is 31.6 Å². The lowest BCUT2D eigenvalue weighted by atomic mass is 10.2. The predicted octanol–water partition coefficient (Wildman–Crippen LogP) is 1.80. The maximum absolute atomic E-state index is 9.21. The Morgan fingerprint density at radius 3 is 3.21 bits per heavy atom. The first kappa shape index (κ1) is 9.74. The largest absolute Gasteiger partial charge is 0.468 e. The molecule has 1 aliphatic heterocycles. The van der Waals surface area contributed by atoms with Crippen molar-refractivity contribution >= 4 is 0 Å². The van der Waals surface area contributed by atoms with Crippen molar-refractivity contribution in [3.63, 3.8) is 0 Å². The highest BCUT2D eigenvalue weighted by atomic mass is 16.3. The Hall–Kier alpha value is -0.800.